The Morgan fingerprint density at radius 2 is 1.64 bits per heavy atom. The van der Waals surface area contributed by atoms with Crippen molar-refractivity contribution in [2.75, 3.05) is 13.1 Å². The second kappa shape index (κ2) is 13.6. The molecule has 0 radical (unpaired) electrons. The molecular formula is C36H49ClN4O3. The number of aryl methyl sites for hydroxylation is 1. The van der Waals surface area contributed by atoms with Crippen LogP contribution in [0.15, 0.2) is 48.5 Å². The molecule has 3 aliphatic rings. The number of amides is 3. The predicted molar refractivity (Wildman–Crippen MR) is 175 cm³/mol. The summed E-state index contributed by atoms with van der Waals surface area (Å²) in [6.07, 6.45) is 8.70. The van der Waals surface area contributed by atoms with Crippen molar-refractivity contribution < 1.29 is 14.4 Å². The molecule has 2 aromatic carbocycles. The molecule has 5 rings (SSSR count). The summed E-state index contributed by atoms with van der Waals surface area (Å²) in [6.45, 7) is 7.07. The van der Waals surface area contributed by atoms with Crippen LogP contribution in [-0.4, -0.2) is 47.3 Å². The van der Waals surface area contributed by atoms with E-state index in [1.165, 1.54) is 12.0 Å². The van der Waals surface area contributed by atoms with Crippen LogP contribution < -0.4 is 16.4 Å². The molecular weight excluding hydrogens is 572 g/mol. The maximum atomic E-state index is 14.2. The Hall–Kier alpha value is -2.90. The molecule has 0 bridgehead atoms. The van der Waals surface area contributed by atoms with Gasteiger partial charge in [-0.3, -0.25) is 14.4 Å². The van der Waals surface area contributed by atoms with E-state index in [-0.39, 0.29) is 23.3 Å². The van der Waals surface area contributed by atoms with Gasteiger partial charge in [-0.05, 0) is 94.0 Å². The Morgan fingerprint density at radius 3 is 2.30 bits per heavy atom. The van der Waals surface area contributed by atoms with Crippen molar-refractivity contribution >= 4 is 29.3 Å². The van der Waals surface area contributed by atoms with Crippen LogP contribution in [0.25, 0.3) is 0 Å². The molecule has 3 atom stereocenters. The molecule has 1 aliphatic heterocycles. The first-order valence-electron chi connectivity index (χ1n) is 16.5. The number of benzene rings is 2. The zero-order valence-corrected chi connectivity index (χ0v) is 27.3. The molecule has 0 aromatic heterocycles. The smallest absolute Gasteiger partial charge is 0.245 e. The molecule has 2 aromatic rings. The fourth-order valence-corrected chi connectivity index (χ4v) is 7.84. The van der Waals surface area contributed by atoms with Gasteiger partial charge in [0, 0.05) is 36.1 Å². The molecule has 0 spiro atoms. The third kappa shape index (κ3) is 7.31. The predicted octanol–water partition coefficient (Wildman–Crippen LogP) is 5.73. The lowest BCUT2D eigenvalue weighted by Crippen LogP contribution is -2.59. The molecule has 2 fully saturated rings. The fraction of sp³-hybridized carbons (Fsp3) is 0.583. The van der Waals surface area contributed by atoms with E-state index in [4.69, 9.17) is 17.3 Å². The lowest BCUT2D eigenvalue weighted by Gasteiger charge is -2.48. The second-order valence-electron chi connectivity index (χ2n) is 14.3. The van der Waals surface area contributed by atoms with Gasteiger partial charge in [0.25, 0.3) is 0 Å². The number of carbonyl (C=O) groups excluding carboxylic acids is 3. The molecule has 3 amide bonds. The number of rotatable bonds is 7. The number of fused-ring (bicyclic) bond motifs is 1. The van der Waals surface area contributed by atoms with Crippen molar-refractivity contribution in [3.63, 3.8) is 0 Å². The quantitative estimate of drug-likeness (QED) is 0.367. The van der Waals surface area contributed by atoms with Gasteiger partial charge in [-0.1, -0.05) is 67.3 Å². The summed E-state index contributed by atoms with van der Waals surface area (Å²) in [4.78, 5) is 43.7. The standard InChI is InChI=1S/C36H49ClN4O3/c1-35(2,3)40-34(44)36(26-10-5-4-6-11-26)19-21-41(22-20-36)33(43)30(23-24-13-16-27(37)17-14-24)39-32(42)29-18-15-25-9-7-8-12-28(25)31(29)38/h7-9,12-14,16-17,26,29-31H,4-6,10-11,15,18-23,38H2,1-3H3,(H,39,42)(H,40,44)/t29?,30-,31+/m1/s1. The molecule has 1 saturated heterocycles. The zero-order valence-electron chi connectivity index (χ0n) is 26.5. The Labute approximate surface area is 267 Å². The van der Waals surface area contributed by atoms with Crippen LogP contribution in [0.4, 0.5) is 0 Å². The summed E-state index contributed by atoms with van der Waals surface area (Å²) in [7, 11) is 0. The van der Waals surface area contributed by atoms with Crippen LogP contribution in [0.1, 0.15) is 94.9 Å². The minimum atomic E-state index is -0.737. The third-order valence-electron chi connectivity index (χ3n) is 10.2. The summed E-state index contributed by atoms with van der Waals surface area (Å²) in [6, 6.07) is 14.3. The normalized spacial score (nSPS) is 22.9. The van der Waals surface area contributed by atoms with Crippen LogP contribution in [0.5, 0.6) is 0 Å². The summed E-state index contributed by atoms with van der Waals surface area (Å²) < 4.78 is 0. The molecule has 238 valence electrons. The van der Waals surface area contributed by atoms with Crippen molar-refractivity contribution in [3.05, 3.63) is 70.2 Å². The maximum Gasteiger partial charge on any atom is 0.245 e. The van der Waals surface area contributed by atoms with Gasteiger partial charge in [-0.15, -0.1) is 0 Å². The highest BCUT2D eigenvalue weighted by Gasteiger charge is 2.49. The van der Waals surface area contributed by atoms with Gasteiger partial charge in [0.05, 0.1) is 11.3 Å². The van der Waals surface area contributed by atoms with Gasteiger partial charge in [0.2, 0.25) is 17.7 Å². The van der Waals surface area contributed by atoms with E-state index in [0.717, 1.165) is 43.2 Å². The number of halogens is 1. The molecule has 1 saturated carbocycles. The number of hydrogen-bond donors (Lipinski definition) is 3. The van der Waals surface area contributed by atoms with Crippen LogP contribution in [0.3, 0.4) is 0 Å². The van der Waals surface area contributed by atoms with Crippen molar-refractivity contribution in [1.29, 1.82) is 0 Å². The Balaban J connectivity index is 1.33. The first-order valence-corrected chi connectivity index (χ1v) is 16.8. The second-order valence-corrected chi connectivity index (χ2v) is 14.7. The van der Waals surface area contributed by atoms with Gasteiger partial charge < -0.3 is 21.3 Å². The number of carbonyl (C=O) groups is 3. The third-order valence-corrected chi connectivity index (χ3v) is 10.4. The fourth-order valence-electron chi connectivity index (χ4n) is 7.71. The van der Waals surface area contributed by atoms with Crippen molar-refractivity contribution in [1.82, 2.24) is 15.5 Å². The largest absolute Gasteiger partial charge is 0.351 e. The average molecular weight is 621 g/mol. The number of likely N-dealkylation sites (tertiary alicyclic amines) is 1. The maximum absolute atomic E-state index is 14.2. The highest BCUT2D eigenvalue weighted by Crippen LogP contribution is 2.46. The van der Waals surface area contributed by atoms with E-state index >= 15 is 0 Å². The van der Waals surface area contributed by atoms with E-state index in [2.05, 4.69) is 16.7 Å². The van der Waals surface area contributed by atoms with Gasteiger partial charge in [-0.2, -0.15) is 0 Å². The Morgan fingerprint density at radius 1 is 0.977 bits per heavy atom. The molecule has 2 aliphatic carbocycles. The summed E-state index contributed by atoms with van der Waals surface area (Å²) in [5, 5.41) is 7.03. The van der Waals surface area contributed by atoms with Gasteiger partial charge in [0.15, 0.2) is 0 Å². The molecule has 44 heavy (non-hydrogen) atoms. The SMILES string of the molecule is CC(C)(C)NC(=O)C1(C2CCCCC2)CCN(C(=O)[C@@H](Cc2ccc(Cl)cc2)NC(=O)C2CCc3ccccc3[C@@H]2N)CC1. The summed E-state index contributed by atoms with van der Waals surface area (Å²) in [5.41, 5.74) is 8.94. The summed E-state index contributed by atoms with van der Waals surface area (Å²) >= 11 is 6.14. The summed E-state index contributed by atoms with van der Waals surface area (Å²) in [5.74, 6) is -0.242. The first-order chi connectivity index (χ1) is 21.0. The lowest BCUT2D eigenvalue weighted by molar-refractivity contribution is -0.147. The van der Waals surface area contributed by atoms with Crippen LogP contribution >= 0.6 is 11.6 Å². The highest BCUT2D eigenvalue weighted by atomic mass is 35.5. The van der Waals surface area contributed by atoms with E-state index in [0.29, 0.717) is 49.7 Å². The molecule has 4 N–H and O–H groups in total. The Bertz CT molecular complexity index is 1320. The van der Waals surface area contributed by atoms with Crippen molar-refractivity contribution in [2.45, 2.75) is 103 Å². The minimum Gasteiger partial charge on any atom is -0.351 e. The number of hydrogen-bond acceptors (Lipinski definition) is 4. The average Bonchev–Trinajstić information content (AvgIpc) is 3.01. The lowest BCUT2D eigenvalue weighted by atomic mass is 9.63. The monoisotopic (exact) mass is 620 g/mol. The Kier molecular flexibility index (Phi) is 10.1. The van der Waals surface area contributed by atoms with Crippen molar-refractivity contribution in [2.24, 2.45) is 23.0 Å². The van der Waals surface area contributed by atoms with Crippen LogP contribution in [-0.2, 0) is 27.2 Å². The van der Waals surface area contributed by atoms with E-state index in [1.807, 2.05) is 68.1 Å². The van der Waals surface area contributed by atoms with E-state index < -0.39 is 23.4 Å². The van der Waals surface area contributed by atoms with Crippen molar-refractivity contribution in [3.8, 4) is 0 Å². The van der Waals surface area contributed by atoms with Gasteiger partial charge >= 0.3 is 0 Å². The zero-order chi connectivity index (χ0) is 31.5. The first kappa shape index (κ1) is 32.5. The van der Waals surface area contributed by atoms with Gasteiger partial charge in [0.1, 0.15) is 6.04 Å². The van der Waals surface area contributed by atoms with E-state index in [1.54, 1.807) is 0 Å². The molecule has 8 heteroatoms. The minimum absolute atomic E-state index is 0.105. The topological polar surface area (TPSA) is 105 Å². The van der Waals surface area contributed by atoms with E-state index in [9.17, 15) is 14.4 Å². The molecule has 7 nitrogen and oxygen atoms in total. The van der Waals surface area contributed by atoms with Crippen LogP contribution in [0, 0.1) is 17.3 Å². The number of nitrogens with two attached hydrogens (primary N) is 1. The molecule has 1 heterocycles. The number of nitrogens with one attached hydrogen (secondary N) is 2. The highest BCUT2D eigenvalue weighted by molar-refractivity contribution is 6.30. The number of piperidine rings is 1. The van der Waals surface area contributed by atoms with Gasteiger partial charge in [-0.25, -0.2) is 0 Å². The molecule has 1 unspecified atom stereocenters. The number of nitrogens with zero attached hydrogens (tertiary/aromatic N) is 1. The van der Waals surface area contributed by atoms with Crippen LogP contribution in [0.2, 0.25) is 5.02 Å².